The van der Waals surface area contributed by atoms with Crippen LogP contribution in [0, 0.1) is 0 Å². The van der Waals surface area contributed by atoms with Gasteiger partial charge in [0.2, 0.25) is 0 Å². The minimum absolute atomic E-state index is 0.671. The fourth-order valence-corrected chi connectivity index (χ4v) is 2.08. The van der Waals surface area contributed by atoms with Gasteiger partial charge < -0.3 is 18.8 Å². The predicted octanol–water partition coefficient (Wildman–Crippen LogP) is 5.04. The van der Waals surface area contributed by atoms with Crippen LogP contribution in [0.2, 0.25) is 0 Å². The number of unbranched alkanes of at least 4 members (excludes halogenated alkanes) is 2. The second-order valence-electron chi connectivity index (χ2n) is 5.69. The van der Waals surface area contributed by atoms with Gasteiger partial charge in [-0.05, 0) is 37.1 Å². The molecule has 2 aromatic rings. The first-order valence-corrected chi connectivity index (χ1v) is 8.92. The van der Waals surface area contributed by atoms with E-state index >= 15 is 0 Å². The van der Waals surface area contributed by atoms with Crippen LogP contribution in [0.15, 0.2) is 48.5 Å². The zero-order chi connectivity index (χ0) is 17.7. The smallest absolute Gasteiger partial charge is 0.526 e. The average Bonchev–Trinajstić information content (AvgIpc) is 2.63. The third-order valence-corrected chi connectivity index (χ3v) is 3.51. The minimum Gasteiger partial charge on any atom is -0.526 e. The van der Waals surface area contributed by atoms with E-state index in [0.29, 0.717) is 24.7 Å². The number of hydrogen-bond donors (Lipinski definition) is 0. The first kappa shape index (κ1) is 19.0. The van der Waals surface area contributed by atoms with Crippen LogP contribution >= 0.6 is 0 Å². The van der Waals surface area contributed by atoms with Gasteiger partial charge >= 0.3 is 7.69 Å². The third kappa shape index (κ3) is 7.42. The van der Waals surface area contributed by atoms with E-state index in [1.807, 2.05) is 48.5 Å². The van der Waals surface area contributed by atoms with Crippen LogP contribution in [-0.4, -0.2) is 20.9 Å². The maximum atomic E-state index is 5.66. The maximum Gasteiger partial charge on any atom is 0.658 e. The van der Waals surface area contributed by atoms with Crippen molar-refractivity contribution < 1.29 is 18.8 Å². The Hall–Kier alpha value is -2.30. The molecule has 0 fully saturated rings. The average molecular weight is 341 g/mol. The molecular weight excluding hydrogens is 315 g/mol. The van der Waals surface area contributed by atoms with Crippen molar-refractivity contribution in [1.29, 1.82) is 0 Å². The molecule has 5 heteroatoms. The first-order valence-electron chi connectivity index (χ1n) is 8.92. The van der Waals surface area contributed by atoms with Crippen molar-refractivity contribution >= 4 is 7.69 Å². The Kier molecular flexibility index (Phi) is 8.60. The van der Waals surface area contributed by atoms with Gasteiger partial charge in [-0.15, -0.1) is 0 Å². The third-order valence-electron chi connectivity index (χ3n) is 3.51. The highest BCUT2D eigenvalue weighted by molar-refractivity contribution is 6.20. The van der Waals surface area contributed by atoms with Crippen LogP contribution < -0.4 is 18.8 Å². The Balaban J connectivity index is 1.78. The van der Waals surface area contributed by atoms with Crippen molar-refractivity contribution in [2.24, 2.45) is 0 Å². The van der Waals surface area contributed by atoms with E-state index in [4.69, 9.17) is 18.8 Å². The van der Waals surface area contributed by atoms with Crippen LogP contribution in [0.4, 0.5) is 0 Å². The largest absolute Gasteiger partial charge is 0.658 e. The normalized spacial score (nSPS) is 10.2. The molecule has 0 N–H and O–H groups in total. The number of hydrogen-bond acceptors (Lipinski definition) is 4. The predicted molar refractivity (Wildman–Crippen MR) is 101 cm³/mol. The molecule has 0 heterocycles. The summed E-state index contributed by atoms with van der Waals surface area (Å²) >= 11 is 0. The summed E-state index contributed by atoms with van der Waals surface area (Å²) < 4.78 is 22.4. The highest BCUT2D eigenvalue weighted by atomic mass is 16.6. The van der Waals surface area contributed by atoms with Gasteiger partial charge in [-0.1, -0.05) is 38.8 Å². The molecule has 0 aliphatic carbocycles. The lowest BCUT2D eigenvalue weighted by atomic mass is 10.2. The molecule has 4 nitrogen and oxygen atoms in total. The Morgan fingerprint density at radius 2 is 1.12 bits per heavy atom. The van der Waals surface area contributed by atoms with E-state index in [1.54, 1.807) is 0 Å². The summed E-state index contributed by atoms with van der Waals surface area (Å²) in [6, 6.07) is 15.0. The van der Waals surface area contributed by atoms with Gasteiger partial charge in [-0.2, -0.15) is 0 Å². The summed E-state index contributed by atoms with van der Waals surface area (Å²) in [4.78, 5) is 0. The maximum absolute atomic E-state index is 5.66. The lowest BCUT2D eigenvalue weighted by Gasteiger charge is -2.10. The lowest BCUT2D eigenvalue weighted by molar-refractivity contribution is 0.308. The topological polar surface area (TPSA) is 36.9 Å². The minimum atomic E-state index is 0.671. The molecule has 0 bridgehead atoms. The second kappa shape index (κ2) is 11.3. The molecule has 2 aromatic carbocycles. The molecular formula is C20H26BO4. The molecule has 0 saturated carbocycles. The summed E-state index contributed by atoms with van der Waals surface area (Å²) in [5, 5.41) is 0. The van der Waals surface area contributed by atoms with Gasteiger partial charge in [0, 0.05) is 12.1 Å². The van der Waals surface area contributed by atoms with Crippen molar-refractivity contribution in [1.82, 2.24) is 0 Å². The van der Waals surface area contributed by atoms with Gasteiger partial charge in [-0.25, -0.2) is 0 Å². The Morgan fingerprint density at radius 1 is 0.680 bits per heavy atom. The zero-order valence-corrected chi connectivity index (χ0v) is 15.1. The van der Waals surface area contributed by atoms with Crippen LogP contribution in [0.3, 0.4) is 0 Å². The Labute approximate surface area is 151 Å². The van der Waals surface area contributed by atoms with E-state index in [9.17, 15) is 0 Å². The highest BCUT2D eigenvalue weighted by Gasteiger charge is 2.04. The zero-order valence-electron chi connectivity index (χ0n) is 15.1. The molecule has 0 saturated heterocycles. The molecule has 0 amide bonds. The van der Waals surface area contributed by atoms with E-state index in [0.717, 1.165) is 37.2 Å². The van der Waals surface area contributed by atoms with Crippen molar-refractivity contribution in [3.8, 4) is 23.0 Å². The molecule has 133 valence electrons. The highest BCUT2D eigenvalue weighted by Crippen LogP contribution is 2.21. The summed E-state index contributed by atoms with van der Waals surface area (Å²) in [5.41, 5.74) is 0. The molecule has 0 atom stereocenters. The second-order valence-corrected chi connectivity index (χ2v) is 5.69. The summed E-state index contributed by atoms with van der Waals surface area (Å²) in [5.74, 6) is 2.94. The quantitative estimate of drug-likeness (QED) is 0.400. The summed E-state index contributed by atoms with van der Waals surface area (Å²) in [6.45, 7) is 5.70. The van der Waals surface area contributed by atoms with Crippen LogP contribution in [0.25, 0.3) is 0 Å². The summed E-state index contributed by atoms with van der Waals surface area (Å²) in [7, 11) is 1.32. The lowest BCUT2D eigenvalue weighted by Crippen LogP contribution is -2.11. The molecule has 0 aliphatic rings. The van der Waals surface area contributed by atoms with Crippen molar-refractivity contribution in [2.45, 2.75) is 39.5 Å². The Bertz CT molecular complexity index is 565. The summed E-state index contributed by atoms with van der Waals surface area (Å²) in [6.07, 6.45) is 4.30. The van der Waals surface area contributed by atoms with E-state index < -0.39 is 0 Å². The van der Waals surface area contributed by atoms with Crippen LogP contribution in [-0.2, 0) is 0 Å². The molecule has 2 rings (SSSR count). The molecule has 0 aromatic heterocycles. The first-order chi connectivity index (χ1) is 12.3. The number of ether oxygens (including phenoxy) is 2. The van der Waals surface area contributed by atoms with E-state index in [2.05, 4.69) is 13.8 Å². The van der Waals surface area contributed by atoms with E-state index in [1.165, 1.54) is 7.69 Å². The Morgan fingerprint density at radius 3 is 1.56 bits per heavy atom. The number of benzene rings is 2. The molecule has 0 aliphatic heterocycles. The van der Waals surface area contributed by atoms with Gasteiger partial charge in [0.1, 0.15) is 23.0 Å². The van der Waals surface area contributed by atoms with E-state index in [-0.39, 0.29) is 0 Å². The molecule has 0 unspecified atom stereocenters. The van der Waals surface area contributed by atoms with Crippen LogP contribution in [0.1, 0.15) is 39.5 Å². The van der Waals surface area contributed by atoms with Crippen molar-refractivity contribution in [3.63, 3.8) is 0 Å². The van der Waals surface area contributed by atoms with Crippen LogP contribution in [0.5, 0.6) is 23.0 Å². The monoisotopic (exact) mass is 341 g/mol. The molecule has 25 heavy (non-hydrogen) atoms. The fourth-order valence-electron chi connectivity index (χ4n) is 2.08. The van der Waals surface area contributed by atoms with Crippen molar-refractivity contribution in [3.05, 3.63) is 48.5 Å². The fraction of sp³-hybridized carbons (Fsp3) is 0.400. The van der Waals surface area contributed by atoms with Gasteiger partial charge in [0.15, 0.2) is 0 Å². The molecule has 1 radical (unpaired) electrons. The van der Waals surface area contributed by atoms with Gasteiger partial charge in [0.05, 0.1) is 13.2 Å². The van der Waals surface area contributed by atoms with Gasteiger partial charge in [0.25, 0.3) is 0 Å². The molecule has 0 spiro atoms. The van der Waals surface area contributed by atoms with Gasteiger partial charge in [-0.3, -0.25) is 0 Å². The standard InChI is InChI=1S/C20H26BO4/c1-3-5-13-22-17-9-7-11-19(15-17)24-21-25-20-12-8-10-18(16-20)23-14-6-4-2/h7-12,15-16H,3-6,13-14H2,1-2H3. The van der Waals surface area contributed by atoms with Crippen molar-refractivity contribution in [2.75, 3.05) is 13.2 Å². The SMILES string of the molecule is CCCCOc1cccc(O[B]Oc2cccc(OCCCC)c2)c1. The number of rotatable bonds is 12.